The maximum absolute atomic E-state index is 12.7. The number of anilines is 1. The van der Waals surface area contributed by atoms with E-state index in [4.69, 9.17) is 4.74 Å². The molecule has 0 aliphatic rings. The van der Waals surface area contributed by atoms with E-state index in [1.54, 1.807) is 20.2 Å². The second kappa shape index (κ2) is 5.12. The van der Waals surface area contributed by atoms with Crippen LogP contribution in [-0.2, 0) is 14.1 Å². The highest BCUT2D eigenvalue weighted by Gasteiger charge is 2.18. The predicted octanol–water partition coefficient (Wildman–Crippen LogP) is 0.860. The summed E-state index contributed by atoms with van der Waals surface area (Å²) < 4.78 is 7.74. The molecular formula is C16H18N4O3. The molecule has 2 heterocycles. The molecule has 0 N–H and O–H groups in total. The van der Waals surface area contributed by atoms with Gasteiger partial charge in [-0.1, -0.05) is 0 Å². The van der Waals surface area contributed by atoms with Crippen LogP contribution in [0.3, 0.4) is 0 Å². The molecule has 0 radical (unpaired) electrons. The molecule has 0 aliphatic heterocycles. The molecule has 0 fully saturated rings. The van der Waals surface area contributed by atoms with Crippen molar-refractivity contribution in [3.63, 3.8) is 0 Å². The fraction of sp³-hybridized carbons (Fsp3) is 0.312. The Morgan fingerprint density at radius 1 is 1.13 bits per heavy atom. The number of methoxy groups -OCH3 is 1. The Bertz CT molecular complexity index is 1050. The summed E-state index contributed by atoms with van der Waals surface area (Å²) >= 11 is 0. The molecule has 0 aliphatic carbocycles. The quantitative estimate of drug-likeness (QED) is 0.656. The number of benzene rings is 1. The van der Waals surface area contributed by atoms with E-state index in [0.717, 1.165) is 15.6 Å². The van der Waals surface area contributed by atoms with Crippen LogP contribution in [0.25, 0.3) is 21.9 Å². The van der Waals surface area contributed by atoms with Crippen molar-refractivity contribution in [1.29, 1.82) is 0 Å². The first kappa shape index (κ1) is 15.1. The molecule has 3 aromatic rings. The summed E-state index contributed by atoms with van der Waals surface area (Å²) in [6.07, 6.45) is 0. The van der Waals surface area contributed by atoms with Gasteiger partial charge in [0.15, 0.2) is 5.65 Å². The van der Waals surface area contributed by atoms with Crippen LogP contribution in [0.2, 0.25) is 0 Å². The lowest BCUT2D eigenvalue weighted by molar-refractivity contribution is 0.415. The number of aromatic nitrogens is 3. The summed E-state index contributed by atoms with van der Waals surface area (Å²) in [6, 6.07) is 5.50. The minimum Gasteiger partial charge on any atom is -0.497 e. The fourth-order valence-corrected chi connectivity index (χ4v) is 2.82. The number of fused-ring (bicyclic) bond motifs is 2. The van der Waals surface area contributed by atoms with Crippen LogP contribution < -0.4 is 20.9 Å². The van der Waals surface area contributed by atoms with E-state index in [1.165, 1.54) is 11.6 Å². The van der Waals surface area contributed by atoms with E-state index in [1.807, 2.05) is 31.1 Å². The highest BCUT2D eigenvalue weighted by atomic mass is 16.5. The van der Waals surface area contributed by atoms with E-state index in [0.29, 0.717) is 22.3 Å². The molecule has 120 valence electrons. The summed E-state index contributed by atoms with van der Waals surface area (Å²) in [5.41, 5.74) is 1.02. The average Bonchev–Trinajstić information content (AvgIpc) is 2.55. The van der Waals surface area contributed by atoms with E-state index in [9.17, 15) is 9.59 Å². The molecule has 2 aromatic heterocycles. The van der Waals surface area contributed by atoms with Crippen molar-refractivity contribution in [3.8, 4) is 5.75 Å². The molecule has 0 atom stereocenters. The van der Waals surface area contributed by atoms with Crippen molar-refractivity contribution >= 4 is 27.6 Å². The Labute approximate surface area is 132 Å². The van der Waals surface area contributed by atoms with Crippen LogP contribution in [0.15, 0.2) is 27.8 Å². The van der Waals surface area contributed by atoms with Crippen LogP contribution in [-0.4, -0.2) is 35.3 Å². The highest BCUT2D eigenvalue weighted by Crippen LogP contribution is 2.32. The number of nitrogens with zero attached hydrogens (tertiary/aromatic N) is 4. The van der Waals surface area contributed by atoms with Gasteiger partial charge in [-0.3, -0.25) is 13.9 Å². The Morgan fingerprint density at radius 2 is 1.83 bits per heavy atom. The number of ether oxygens (including phenoxy) is 1. The normalized spacial score (nSPS) is 11.2. The molecule has 3 rings (SSSR count). The van der Waals surface area contributed by atoms with Gasteiger partial charge in [-0.25, -0.2) is 9.78 Å². The first-order chi connectivity index (χ1) is 10.9. The van der Waals surface area contributed by atoms with Gasteiger partial charge in [-0.15, -0.1) is 0 Å². The second-order valence-electron chi connectivity index (χ2n) is 5.64. The van der Waals surface area contributed by atoms with Crippen LogP contribution in [0, 0.1) is 0 Å². The van der Waals surface area contributed by atoms with E-state index < -0.39 is 5.69 Å². The zero-order valence-corrected chi connectivity index (χ0v) is 13.7. The van der Waals surface area contributed by atoms with Crippen LogP contribution >= 0.6 is 0 Å². The van der Waals surface area contributed by atoms with Gasteiger partial charge in [0, 0.05) is 39.6 Å². The Balaban J connectivity index is 2.67. The first-order valence-electron chi connectivity index (χ1n) is 7.11. The standard InChI is InChI=1S/C16H18N4O3/c1-18(2)13-10-7-6-9(23-5)8-11(10)17-14-12(13)15(21)20(4)16(22)19(14)3/h6-8H,1-5H3. The van der Waals surface area contributed by atoms with Crippen molar-refractivity contribution in [2.75, 3.05) is 26.1 Å². The summed E-state index contributed by atoms with van der Waals surface area (Å²) in [4.78, 5) is 31.2. The maximum Gasteiger partial charge on any atom is 0.332 e. The van der Waals surface area contributed by atoms with Gasteiger partial charge in [0.2, 0.25) is 0 Å². The third-order valence-electron chi connectivity index (χ3n) is 4.00. The maximum atomic E-state index is 12.7. The highest BCUT2D eigenvalue weighted by molar-refractivity contribution is 6.06. The van der Waals surface area contributed by atoms with Crippen LogP contribution in [0.1, 0.15) is 0 Å². The molecule has 1 aromatic carbocycles. The van der Waals surface area contributed by atoms with Crippen LogP contribution in [0.4, 0.5) is 5.69 Å². The number of pyridine rings is 1. The molecule has 0 saturated heterocycles. The van der Waals surface area contributed by atoms with Crippen molar-refractivity contribution in [1.82, 2.24) is 14.1 Å². The minimum absolute atomic E-state index is 0.350. The summed E-state index contributed by atoms with van der Waals surface area (Å²) in [5.74, 6) is 0.669. The van der Waals surface area contributed by atoms with Gasteiger partial charge in [-0.05, 0) is 12.1 Å². The minimum atomic E-state index is -0.401. The van der Waals surface area contributed by atoms with Crippen molar-refractivity contribution < 1.29 is 4.74 Å². The lowest BCUT2D eigenvalue weighted by Gasteiger charge is -2.19. The fourth-order valence-electron chi connectivity index (χ4n) is 2.82. The Morgan fingerprint density at radius 3 is 2.43 bits per heavy atom. The van der Waals surface area contributed by atoms with E-state index >= 15 is 0 Å². The molecule has 7 heteroatoms. The largest absolute Gasteiger partial charge is 0.497 e. The smallest absolute Gasteiger partial charge is 0.332 e. The first-order valence-corrected chi connectivity index (χ1v) is 7.11. The summed E-state index contributed by atoms with van der Waals surface area (Å²) in [5, 5.41) is 1.26. The third-order valence-corrected chi connectivity index (χ3v) is 4.00. The number of hydrogen-bond donors (Lipinski definition) is 0. The molecule has 0 spiro atoms. The van der Waals surface area contributed by atoms with Crippen molar-refractivity contribution in [2.24, 2.45) is 14.1 Å². The molecule has 0 unspecified atom stereocenters. The average molecular weight is 314 g/mol. The van der Waals surface area contributed by atoms with Gasteiger partial charge in [0.05, 0.1) is 18.3 Å². The molecule has 0 amide bonds. The second-order valence-corrected chi connectivity index (χ2v) is 5.64. The number of aryl methyl sites for hydroxylation is 1. The molecule has 7 nitrogen and oxygen atoms in total. The van der Waals surface area contributed by atoms with E-state index in [-0.39, 0.29) is 5.56 Å². The van der Waals surface area contributed by atoms with E-state index in [2.05, 4.69) is 4.98 Å². The SMILES string of the molecule is COc1ccc2c(N(C)C)c3c(=O)n(C)c(=O)n(C)c3nc2c1. The lowest BCUT2D eigenvalue weighted by Crippen LogP contribution is -2.38. The predicted molar refractivity (Wildman–Crippen MR) is 90.6 cm³/mol. The van der Waals surface area contributed by atoms with Crippen molar-refractivity contribution in [3.05, 3.63) is 39.0 Å². The molecule has 23 heavy (non-hydrogen) atoms. The molecule has 0 saturated carbocycles. The zero-order valence-electron chi connectivity index (χ0n) is 13.7. The molecular weight excluding hydrogens is 296 g/mol. The monoisotopic (exact) mass is 314 g/mol. The lowest BCUT2D eigenvalue weighted by atomic mass is 10.1. The zero-order chi connectivity index (χ0) is 16.9. The Kier molecular flexibility index (Phi) is 3.35. The van der Waals surface area contributed by atoms with Crippen molar-refractivity contribution in [2.45, 2.75) is 0 Å². The number of rotatable bonds is 2. The molecule has 0 bridgehead atoms. The van der Waals surface area contributed by atoms with Crippen LogP contribution in [0.5, 0.6) is 5.75 Å². The van der Waals surface area contributed by atoms with Gasteiger partial charge < -0.3 is 9.64 Å². The Hall–Kier alpha value is -2.83. The summed E-state index contributed by atoms with van der Waals surface area (Å²) in [6.45, 7) is 0. The summed E-state index contributed by atoms with van der Waals surface area (Å²) in [7, 11) is 8.40. The topological polar surface area (TPSA) is 69.4 Å². The third kappa shape index (κ3) is 2.08. The van der Waals surface area contributed by atoms with Gasteiger partial charge in [0.1, 0.15) is 11.1 Å². The van der Waals surface area contributed by atoms with Gasteiger partial charge >= 0.3 is 5.69 Å². The van der Waals surface area contributed by atoms with Gasteiger partial charge in [-0.2, -0.15) is 0 Å². The van der Waals surface area contributed by atoms with Gasteiger partial charge in [0.25, 0.3) is 5.56 Å². The number of hydrogen-bond acceptors (Lipinski definition) is 5.